The summed E-state index contributed by atoms with van der Waals surface area (Å²) in [5.74, 6) is 0. The first kappa shape index (κ1) is 16.6. The second-order valence-electron chi connectivity index (χ2n) is 6.15. The predicted octanol–water partition coefficient (Wildman–Crippen LogP) is 4.80. The second-order valence-corrected chi connectivity index (χ2v) is 8.71. The van der Waals surface area contributed by atoms with Gasteiger partial charge >= 0.3 is 5.65 Å². The number of benzene rings is 2. The van der Waals surface area contributed by atoms with Gasteiger partial charge in [0.1, 0.15) is 18.3 Å². The van der Waals surface area contributed by atoms with Crippen LogP contribution in [-0.4, -0.2) is 14.7 Å². The average molecular weight is 537 g/mol. The summed E-state index contributed by atoms with van der Waals surface area (Å²) < 4.78 is 5.69. The molecular weight excluding hydrogens is 526 g/mol. The molecule has 0 aliphatic carbocycles. The lowest BCUT2D eigenvalue weighted by molar-refractivity contribution is -0.668. The molecule has 0 saturated heterocycles. The van der Waals surface area contributed by atoms with Crippen molar-refractivity contribution in [1.29, 1.82) is 0 Å². The molecule has 0 unspecified atom stereocenters. The molecule has 5 aromatic rings. The number of pyridine rings is 2. The van der Waals surface area contributed by atoms with Gasteiger partial charge < -0.3 is 0 Å². The lowest BCUT2D eigenvalue weighted by Gasteiger charge is -2.06. The molecule has 0 saturated carbocycles. The molecular formula is C19H11Br3N3O+. The molecule has 26 heavy (non-hydrogen) atoms. The van der Waals surface area contributed by atoms with Crippen LogP contribution in [0.25, 0.3) is 38.4 Å². The van der Waals surface area contributed by atoms with Crippen LogP contribution in [0.15, 0.2) is 56.3 Å². The van der Waals surface area contributed by atoms with E-state index >= 15 is 0 Å². The fourth-order valence-corrected chi connectivity index (χ4v) is 4.95. The highest BCUT2D eigenvalue weighted by Crippen LogP contribution is 2.33. The molecule has 0 atom stereocenters. The molecule has 5 rings (SSSR count). The molecule has 128 valence electrons. The maximum absolute atomic E-state index is 13.3. The summed E-state index contributed by atoms with van der Waals surface area (Å²) in [5.41, 5.74) is 2.27. The van der Waals surface area contributed by atoms with E-state index in [1.807, 2.05) is 42.6 Å². The molecule has 4 nitrogen and oxygen atoms in total. The van der Waals surface area contributed by atoms with E-state index < -0.39 is 0 Å². The molecule has 0 N–H and O–H groups in total. The van der Waals surface area contributed by atoms with Gasteiger partial charge in [-0.3, -0.25) is 4.79 Å². The smallest absolute Gasteiger partial charge is 0.268 e. The third-order valence-corrected chi connectivity index (χ3v) is 6.19. The normalized spacial score (nSPS) is 12.1. The van der Waals surface area contributed by atoms with Gasteiger partial charge in [-0.2, -0.15) is 0 Å². The van der Waals surface area contributed by atoms with Crippen molar-refractivity contribution in [2.45, 2.75) is 6.54 Å². The fraction of sp³-hybridized carbons (Fsp3) is 0.105. The van der Waals surface area contributed by atoms with Crippen molar-refractivity contribution >= 4 is 86.1 Å². The van der Waals surface area contributed by atoms with Gasteiger partial charge in [-0.25, -0.2) is 8.97 Å². The molecule has 0 aliphatic rings. The Morgan fingerprint density at radius 3 is 2.69 bits per heavy atom. The van der Waals surface area contributed by atoms with E-state index in [0.717, 1.165) is 48.1 Å². The second kappa shape index (κ2) is 5.97. The topological polar surface area (TPSA) is 38.2 Å². The molecule has 0 amide bonds. The zero-order valence-electron chi connectivity index (χ0n) is 13.3. The fourth-order valence-electron chi connectivity index (χ4n) is 3.64. The molecule has 3 heterocycles. The number of aromatic nitrogens is 3. The Bertz CT molecular complexity index is 1390. The van der Waals surface area contributed by atoms with Gasteiger partial charge in [-0.15, -0.1) is 0 Å². The summed E-state index contributed by atoms with van der Waals surface area (Å²) >= 11 is 10.7. The van der Waals surface area contributed by atoms with Gasteiger partial charge in [-0.05, 0) is 50.6 Å². The van der Waals surface area contributed by atoms with E-state index in [1.165, 1.54) is 0 Å². The Kier molecular flexibility index (Phi) is 3.81. The monoisotopic (exact) mass is 534 g/mol. The Labute approximate surface area is 173 Å². The van der Waals surface area contributed by atoms with E-state index in [2.05, 4.69) is 52.4 Å². The highest BCUT2D eigenvalue weighted by Gasteiger charge is 2.24. The average Bonchev–Trinajstić information content (AvgIpc) is 3.01. The van der Waals surface area contributed by atoms with Crippen LogP contribution in [0.2, 0.25) is 0 Å². The van der Waals surface area contributed by atoms with Crippen molar-refractivity contribution in [3.05, 3.63) is 61.9 Å². The number of aryl methyl sites for hydroxylation is 1. The number of hydrogen-bond donors (Lipinski definition) is 0. The summed E-state index contributed by atoms with van der Waals surface area (Å²) in [6.07, 6.45) is 2.00. The zero-order chi connectivity index (χ0) is 18.0. The Balaban J connectivity index is 2.12. The highest BCUT2D eigenvalue weighted by atomic mass is 79.9. The van der Waals surface area contributed by atoms with Crippen molar-refractivity contribution in [1.82, 2.24) is 9.38 Å². The number of fused-ring (bicyclic) bond motifs is 4. The van der Waals surface area contributed by atoms with Crippen molar-refractivity contribution in [2.75, 3.05) is 5.33 Å². The van der Waals surface area contributed by atoms with E-state index in [-0.39, 0.29) is 5.56 Å². The molecule has 0 radical (unpaired) electrons. The summed E-state index contributed by atoms with van der Waals surface area (Å²) in [6, 6.07) is 11.8. The van der Waals surface area contributed by atoms with Crippen LogP contribution in [-0.2, 0) is 6.54 Å². The molecule has 2 aromatic carbocycles. The zero-order valence-corrected chi connectivity index (χ0v) is 18.1. The van der Waals surface area contributed by atoms with Crippen molar-refractivity contribution in [3.63, 3.8) is 0 Å². The minimum Gasteiger partial charge on any atom is -0.268 e. The van der Waals surface area contributed by atoms with Gasteiger partial charge in [-0.1, -0.05) is 44.0 Å². The summed E-state index contributed by atoms with van der Waals surface area (Å²) in [5, 5.41) is 4.48. The minimum atomic E-state index is -0.0396. The van der Waals surface area contributed by atoms with Crippen molar-refractivity contribution in [3.8, 4) is 0 Å². The first-order valence-corrected chi connectivity index (χ1v) is 10.7. The Hall–Kier alpha value is -1.57. The predicted molar refractivity (Wildman–Crippen MR) is 115 cm³/mol. The van der Waals surface area contributed by atoms with Gasteiger partial charge in [0.2, 0.25) is 0 Å². The number of alkyl halides is 1. The number of hydrogen-bond acceptors (Lipinski definition) is 2. The van der Waals surface area contributed by atoms with Gasteiger partial charge in [0.05, 0.1) is 9.86 Å². The SMILES string of the molecule is O=c1c2cccc3c(Br)ccc(c32)c2nc3c(cc(Br)c[n+]3CCBr)n12. The van der Waals surface area contributed by atoms with Crippen LogP contribution >= 0.6 is 47.8 Å². The summed E-state index contributed by atoms with van der Waals surface area (Å²) in [6.45, 7) is 0.767. The molecule has 0 spiro atoms. The van der Waals surface area contributed by atoms with E-state index in [1.54, 1.807) is 4.40 Å². The lowest BCUT2D eigenvalue weighted by Crippen LogP contribution is -2.35. The van der Waals surface area contributed by atoms with Crippen LogP contribution < -0.4 is 10.1 Å². The Morgan fingerprint density at radius 2 is 1.88 bits per heavy atom. The van der Waals surface area contributed by atoms with Gasteiger partial charge in [0.15, 0.2) is 0 Å². The maximum atomic E-state index is 13.3. The minimum absolute atomic E-state index is 0.0396. The van der Waals surface area contributed by atoms with Crippen LogP contribution in [0.5, 0.6) is 0 Å². The van der Waals surface area contributed by atoms with Crippen LogP contribution in [0.3, 0.4) is 0 Å². The molecule has 0 aliphatic heterocycles. The quantitative estimate of drug-likeness (QED) is 0.240. The molecule has 0 bridgehead atoms. The van der Waals surface area contributed by atoms with Crippen LogP contribution in [0, 0.1) is 0 Å². The Morgan fingerprint density at radius 1 is 1.08 bits per heavy atom. The van der Waals surface area contributed by atoms with E-state index in [9.17, 15) is 4.79 Å². The number of halogens is 3. The largest absolute Gasteiger partial charge is 0.350 e. The third kappa shape index (κ3) is 2.20. The van der Waals surface area contributed by atoms with Gasteiger partial charge in [0, 0.05) is 20.6 Å². The van der Waals surface area contributed by atoms with E-state index in [4.69, 9.17) is 4.98 Å². The third-order valence-electron chi connectivity index (χ3n) is 4.71. The number of nitrogens with zero attached hydrogens (tertiary/aromatic N) is 3. The first-order chi connectivity index (χ1) is 12.6. The van der Waals surface area contributed by atoms with Gasteiger partial charge in [0.25, 0.3) is 11.2 Å². The summed E-state index contributed by atoms with van der Waals surface area (Å²) in [4.78, 5) is 18.2. The lowest BCUT2D eigenvalue weighted by atomic mass is 10.0. The first-order valence-electron chi connectivity index (χ1n) is 8.04. The van der Waals surface area contributed by atoms with Crippen molar-refractivity contribution < 1.29 is 4.57 Å². The van der Waals surface area contributed by atoms with Crippen LogP contribution in [0.4, 0.5) is 0 Å². The standard InChI is InChI=1S/C19H11Br3N3O/c20-6-7-24-9-10(21)8-15-18(24)23-17-12-4-5-14(22)11-2-1-3-13(16(11)12)19(26)25(15)17/h1-5,8-9H,6-7H2/q+1. The molecule has 3 aromatic heterocycles. The molecule has 7 heteroatoms. The van der Waals surface area contributed by atoms with Crippen LogP contribution in [0.1, 0.15) is 0 Å². The number of rotatable bonds is 2. The maximum Gasteiger partial charge on any atom is 0.350 e. The van der Waals surface area contributed by atoms with Crippen molar-refractivity contribution in [2.24, 2.45) is 0 Å². The number of imidazole rings is 1. The highest BCUT2D eigenvalue weighted by molar-refractivity contribution is 9.11. The van der Waals surface area contributed by atoms with E-state index in [0.29, 0.717) is 11.0 Å². The summed E-state index contributed by atoms with van der Waals surface area (Å²) in [7, 11) is 0. The molecule has 0 fully saturated rings.